The molecule has 0 nitrogen and oxygen atoms in total. The average Bonchev–Trinajstić information content (AvgIpc) is 2.34. The Labute approximate surface area is 112 Å². The smallest absolute Gasteiger partial charge is 0.129 e. The molecule has 2 aromatic carbocycles. The molecule has 0 heterocycles. The molecule has 1 atom stereocenters. The lowest BCUT2D eigenvalue weighted by Crippen LogP contribution is -2.02. The number of hydrogen-bond acceptors (Lipinski definition) is 0. The van der Waals surface area contributed by atoms with Crippen LogP contribution in [0.3, 0.4) is 0 Å². The van der Waals surface area contributed by atoms with Crippen LogP contribution in [0.1, 0.15) is 16.0 Å². The molecular formula is C14H10BrF3. The summed E-state index contributed by atoms with van der Waals surface area (Å²) in [6, 6.07) is 9.86. The van der Waals surface area contributed by atoms with Crippen LogP contribution in [0.4, 0.5) is 13.2 Å². The minimum absolute atomic E-state index is 0.0392. The molecule has 0 aliphatic rings. The summed E-state index contributed by atoms with van der Waals surface area (Å²) in [5.41, 5.74) is 0.350. The van der Waals surface area contributed by atoms with Gasteiger partial charge >= 0.3 is 0 Å². The normalized spacial score (nSPS) is 12.4. The first kappa shape index (κ1) is 13.1. The van der Waals surface area contributed by atoms with Crippen molar-refractivity contribution < 1.29 is 13.2 Å². The molecule has 0 amide bonds. The van der Waals surface area contributed by atoms with Crippen LogP contribution in [0.5, 0.6) is 0 Å². The Morgan fingerprint density at radius 3 is 2.00 bits per heavy atom. The number of halogens is 4. The molecule has 0 saturated heterocycles. The van der Waals surface area contributed by atoms with Crippen LogP contribution in [0.25, 0.3) is 0 Å². The maximum absolute atomic E-state index is 13.5. The highest BCUT2D eigenvalue weighted by Crippen LogP contribution is 2.30. The molecule has 0 spiro atoms. The van der Waals surface area contributed by atoms with Crippen LogP contribution in [0.15, 0.2) is 42.5 Å². The molecule has 0 radical (unpaired) electrons. The summed E-state index contributed by atoms with van der Waals surface area (Å²) in [5, 5.41) is 0. The van der Waals surface area contributed by atoms with Gasteiger partial charge in [0, 0.05) is 16.0 Å². The van der Waals surface area contributed by atoms with Gasteiger partial charge in [-0.25, -0.2) is 13.2 Å². The topological polar surface area (TPSA) is 0 Å². The van der Waals surface area contributed by atoms with Crippen molar-refractivity contribution in [2.24, 2.45) is 0 Å². The summed E-state index contributed by atoms with van der Waals surface area (Å²) >= 11 is 3.27. The van der Waals surface area contributed by atoms with Crippen LogP contribution in [-0.4, -0.2) is 0 Å². The Hall–Kier alpha value is -1.29. The fourth-order valence-corrected chi connectivity index (χ4v) is 2.44. The van der Waals surface area contributed by atoms with E-state index >= 15 is 0 Å². The van der Waals surface area contributed by atoms with Gasteiger partial charge in [-0.1, -0.05) is 40.2 Å². The third-order valence-corrected chi connectivity index (χ3v) is 3.50. The van der Waals surface area contributed by atoms with Crippen LogP contribution in [0.2, 0.25) is 0 Å². The van der Waals surface area contributed by atoms with Crippen molar-refractivity contribution >= 4 is 15.9 Å². The fraction of sp³-hybridized carbons (Fsp3) is 0.143. The van der Waals surface area contributed by atoms with E-state index in [-0.39, 0.29) is 12.0 Å². The van der Waals surface area contributed by atoms with E-state index in [0.717, 1.165) is 0 Å². The van der Waals surface area contributed by atoms with Crippen molar-refractivity contribution in [3.8, 4) is 0 Å². The molecule has 0 N–H and O–H groups in total. The van der Waals surface area contributed by atoms with Gasteiger partial charge in [-0.2, -0.15) is 0 Å². The lowest BCUT2D eigenvalue weighted by molar-refractivity contribution is 0.550. The molecule has 0 fully saturated rings. The molecule has 1 unspecified atom stereocenters. The van der Waals surface area contributed by atoms with Gasteiger partial charge in [0.05, 0.1) is 0 Å². The van der Waals surface area contributed by atoms with E-state index in [1.807, 2.05) is 0 Å². The Balaban J connectivity index is 2.27. The van der Waals surface area contributed by atoms with Gasteiger partial charge in [0.15, 0.2) is 0 Å². The second-order valence-electron chi connectivity index (χ2n) is 3.89. The maximum Gasteiger partial charge on any atom is 0.129 e. The van der Waals surface area contributed by atoms with Crippen molar-refractivity contribution in [2.45, 2.75) is 11.2 Å². The summed E-state index contributed by atoms with van der Waals surface area (Å²) in [7, 11) is 0. The van der Waals surface area contributed by atoms with Crippen molar-refractivity contribution in [3.05, 3.63) is 71.0 Å². The quantitative estimate of drug-likeness (QED) is 0.715. The molecule has 0 aromatic heterocycles. The number of benzene rings is 2. The molecule has 0 aliphatic carbocycles. The minimum Gasteiger partial charge on any atom is -0.207 e. The standard InChI is InChI=1S/C14H10BrF3/c15-11(9-4-1-2-5-12(9)16)8-10-13(17)6-3-7-14(10)18/h1-7,11H,8H2. The summed E-state index contributed by atoms with van der Waals surface area (Å²) in [6.07, 6.45) is 0.0550. The Kier molecular flexibility index (Phi) is 4.07. The van der Waals surface area contributed by atoms with E-state index in [0.29, 0.717) is 5.56 Å². The van der Waals surface area contributed by atoms with E-state index in [1.54, 1.807) is 18.2 Å². The Bertz CT molecular complexity index is 534. The lowest BCUT2D eigenvalue weighted by atomic mass is 10.0. The molecule has 0 bridgehead atoms. The van der Waals surface area contributed by atoms with Gasteiger partial charge in [0.2, 0.25) is 0 Å². The van der Waals surface area contributed by atoms with Crippen LogP contribution in [0, 0.1) is 17.5 Å². The zero-order chi connectivity index (χ0) is 13.1. The SMILES string of the molecule is Fc1ccccc1C(Br)Cc1c(F)cccc1F. The average molecular weight is 315 g/mol. The van der Waals surface area contributed by atoms with Gasteiger partial charge < -0.3 is 0 Å². The van der Waals surface area contributed by atoms with Crippen molar-refractivity contribution in [1.82, 2.24) is 0 Å². The van der Waals surface area contributed by atoms with Crippen LogP contribution < -0.4 is 0 Å². The molecular weight excluding hydrogens is 305 g/mol. The molecule has 0 aliphatic heterocycles. The second-order valence-corrected chi connectivity index (χ2v) is 5.00. The largest absolute Gasteiger partial charge is 0.207 e. The van der Waals surface area contributed by atoms with Crippen LogP contribution in [-0.2, 0) is 6.42 Å². The zero-order valence-electron chi connectivity index (χ0n) is 9.34. The molecule has 2 rings (SSSR count). The highest BCUT2D eigenvalue weighted by Gasteiger charge is 2.17. The van der Waals surface area contributed by atoms with Gasteiger partial charge in [-0.15, -0.1) is 0 Å². The monoisotopic (exact) mass is 314 g/mol. The molecule has 2 aromatic rings. The lowest BCUT2D eigenvalue weighted by Gasteiger charge is -2.12. The maximum atomic E-state index is 13.5. The predicted octanol–water partition coefficient (Wildman–Crippen LogP) is 4.78. The summed E-state index contributed by atoms with van der Waals surface area (Å²) < 4.78 is 40.5. The van der Waals surface area contributed by atoms with E-state index in [4.69, 9.17) is 0 Å². The second kappa shape index (κ2) is 5.57. The number of hydrogen-bond donors (Lipinski definition) is 0. The first-order chi connectivity index (χ1) is 8.59. The fourth-order valence-electron chi connectivity index (χ4n) is 1.75. The van der Waals surface area contributed by atoms with Crippen molar-refractivity contribution in [1.29, 1.82) is 0 Å². The van der Waals surface area contributed by atoms with Crippen molar-refractivity contribution in [2.75, 3.05) is 0 Å². The Morgan fingerprint density at radius 1 is 0.833 bits per heavy atom. The Morgan fingerprint density at radius 2 is 1.39 bits per heavy atom. The molecule has 18 heavy (non-hydrogen) atoms. The number of rotatable bonds is 3. The third-order valence-electron chi connectivity index (χ3n) is 2.69. The molecule has 94 valence electrons. The van der Waals surface area contributed by atoms with Gasteiger partial charge in [-0.05, 0) is 24.6 Å². The summed E-state index contributed by atoms with van der Waals surface area (Å²) in [6.45, 7) is 0. The summed E-state index contributed by atoms with van der Waals surface area (Å²) in [5.74, 6) is -1.62. The van der Waals surface area contributed by atoms with E-state index in [2.05, 4.69) is 15.9 Å². The van der Waals surface area contributed by atoms with Gasteiger partial charge in [-0.3, -0.25) is 0 Å². The molecule has 4 heteroatoms. The third kappa shape index (κ3) is 2.75. The summed E-state index contributed by atoms with van der Waals surface area (Å²) in [4.78, 5) is -0.467. The van der Waals surface area contributed by atoms with Gasteiger partial charge in [0.1, 0.15) is 17.5 Å². The minimum atomic E-state index is -0.615. The predicted molar refractivity (Wildman–Crippen MR) is 68.1 cm³/mol. The first-order valence-electron chi connectivity index (χ1n) is 5.41. The zero-order valence-corrected chi connectivity index (χ0v) is 10.9. The van der Waals surface area contributed by atoms with Crippen molar-refractivity contribution in [3.63, 3.8) is 0 Å². The first-order valence-corrected chi connectivity index (χ1v) is 6.32. The van der Waals surface area contributed by atoms with E-state index in [1.165, 1.54) is 24.3 Å². The highest BCUT2D eigenvalue weighted by atomic mass is 79.9. The highest BCUT2D eigenvalue weighted by molar-refractivity contribution is 9.09. The van der Waals surface area contributed by atoms with E-state index in [9.17, 15) is 13.2 Å². The number of alkyl halides is 1. The van der Waals surface area contributed by atoms with E-state index < -0.39 is 22.3 Å². The van der Waals surface area contributed by atoms with Gasteiger partial charge in [0.25, 0.3) is 0 Å². The van der Waals surface area contributed by atoms with Crippen LogP contribution >= 0.6 is 15.9 Å². The molecule has 0 saturated carbocycles.